The molecular formula is C19H26O6S. The molecule has 6 nitrogen and oxygen atoms in total. The molecule has 0 N–H and O–H groups in total. The molecule has 0 bridgehead atoms. The van der Waals surface area contributed by atoms with Crippen molar-refractivity contribution >= 4 is 23.7 Å². The van der Waals surface area contributed by atoms with Crippen LogP contribution in [0.4, 0.5) is 0 Å². The van der Waals surface area contributed by atoms with Crippen molar-refractivity contribution in [3.63, 3.8) is 0 Å². The summed E-state index contributed by atoms with van der Waals surface area (Å²) in [7, 11) is 0. The molecule has 0 spiro atoms. The highest BCUT2D eigenvalue weighted by Gasteiger charge is 2.42. The van der Waals surface area contributed by atoms with Gasteiger partial charge < -0.3 is 18.9 Å². The molecule has 0 aromatic heterocycles. The van der Waals surface area contributed by atoms with Gasteiger partial charge in [0.25, 0.3) is 0 Å². The maximum absolute atomic E-state index is 11.5. The highest BCUT2D eigenvalue weighted by Crippen LogP contribution is 2.32. The van der Waals surface area contributed by atoms with E-state index < -0.39 is 24.5 Å². The Morgan fingerprint density at radius 1 is 1.19 bits per heavy atom. The molecule has 144 valence electrons. The first-order chi connectivity index (χ1) is 12.5. The van der Waals surface area contributed by atoms with Gasteiger partial charge in [-0.15, -0.1) is 0 Å². The number of esters is 2. The fourth-order valence-corrected chi connectivity index (χ4v) is 3.96. The molecular weight excluding hydrogens is 356 g/mol. The van der Waals surface area contributed by atoms with Crippen LogP contribution >= 0.6 is 11.8 Å². The lowest BCUT2D eigenvalue weighted by atomic mass is 10.0. The van der Waals surface area contributed by atoms with Gasteiger partial charge in [0, 0.05) is 25.5 Å². The van der Waals surface area contributed by atoms with Crippen molar-refractivity contribution in [2.75, 3.05) is 12.4 Å². The second-order valence-corrected chi connectivity index (χ2v) is 7.52. The number of hydrogen-bond donors (Lipinski definition) is 0. The largest absolute Gasteiger partial charge is 0.463 e. The van der Waals surface area contributed by atoms with Gasteiger partial charge in [0.1, 0.15) is 18.8 Å². The maximum atomic E-state index is 11.5. The first-order valence-corrected chi connectivity index (χ1v) is 9.77. The van der Waals surface area contributed by atoms with Gasteiger partial charge in [0.15, 0.2) is 6.29 Å². The van der Waals surface area contributed by atoms with Crippen LogP contribution in [0.25, 0.3) is 0 Å². The summed E-state index contributed by atoms with van der Waals surface area (Å²) in [6.45, 7) is 5.21. The van der Waals surface area contributed by atoms with Crippen molar-refractivity contribution in [2.45, 2.75) is 57.5 Å². The van der Waals surface area contributed by atoms with Crippen LogP contribution in [-0.4, -0.2) is 48.0 Å². The topological polar surface area (TPSA) is 71.1 Å². The lowest BCUT2D eigenvalue weighted by molar-refractivity contribution is -0.239. The number of benzene rings is 1. The summed E-state index contributed by atoms with van der Waals surface area (Å²) in [5.74, 6) is 0.0904. The molecule has 1 aromatic carbocycles. The van der Waals surface area contributed by atoms with E-state index in [9.17, 15) is 9.59 Å². The molecule has 1 fully saturated rings. The fraction of sp³-hybridized carbons (Fsp3) is 0.579. The Morgan fingerprint density at radius 2 is 1.92 bits per heavy atom. The van der Waals surface area contributed by atoms with Crippen LogP contribution in [0, 0.1) is 0 Å². The Balaban J connectivity index is 2.05. The molecule has 0 radical (unpaired) electrons. The van der Waals surface area contributed by atoms with Crippen molar-refractivity contribution in [1.82, 2.24) is 0 Å². The van der Waals surface area contributed by atoms with Crippen LogP contribution in [-0.2, 0) is 35.1 Å². The molecule has 0 unspecified atom stereocenters. The van der Waals surface area contributed by atoms with Gasteiger partial charge in [0.2, 0.25) is 0 Å². The first-order valence-electron chi connectivity index (χ1n) is 8.72. The number of rotatable bonds is 8. The fourth-order valence-electron chi connectivity index (χ4n) is 2.82. The van der Waals surface area contributed by atoms with Crippen molar-refractivity contribution in [1.29, 1.82) is 0 Å². The van der Waals surface area contributed by atoms with Gasteiger partial charge in [0.05, 0.1) is 6.61 Å². The third kappa shape index (κ3) is 6.63. The van der Waals surface area contributed by atoms with Crippen molar-refractivity contribution < 1.29 is 28.5 Å². The van der Waals surface area contributed by atoms with Crippen LogP contribution in [0.1, 0.15) is 32.8 Å². The zero-order valence-corrected chi connectivity index (χ0v) is 16.2. The van der Waals surface area contributed by atoms with Gasteiger partial charge >= 0.3 is 11.9 Å². The number of thioether (sulfide) groups is 1. The molecule has 0 aliphatic carbocycles. The van der Waals surface area contributed by atoms with Crippen LogP contribution in [0.3, 0.4) is 0 Å². The van der Waals surface area contributed by atoms with Gasteiger partial charge in [-0.3, -0.25) is 9.59 Å². The minimum atomic E-state index is -0.554. The third-order valence-corrected chi connectivity index (χ3v) is 5.12. The monoisotopic (exact) mass is 382 g/mol. The maximum Gasteiger partial charge on any atom is 0.303 e. The minimum absolute atomic E-state index is 0.0129. The van der Waals surface area contributed by atoms with Crippen molar-refractivity contribution in [3.8, 4) is 0 Å². The van der Waals surface area contributed by atoms with E-state index >= 15 is 0 Å². The molecule has 4 atom stereocenters. The van der Waals surface area contributed by atoms with E-state index in [1.54, 1.807) is 11.8 Å². The summed E-state index contributed by atoms with van der Waals surface area (Å²) in [4.78, 5) is 22.7. The zero-order chi connectivity index (χ0) is 18.9. The van der Waals surface area contributed by atoms with E-state index in [-0.39, 0.29) is 17.8 Å². The van der Waals surface area contributed by atoms with E-state index in [4.69, 9.17) is 18.9 Å². The average molecular weight is 382 g/mol. The molecule has 1 saturated heterocycles. The summed E-state index contributed by atoms with van der Waals surface area (Å²) in [5.41, 5.74) is 1.05. The average Bonchev–Trinajstić information content (AvgIpc) is 2.61. The minimum Gasteiger partial charge on any atom is -0.463 e. The highest BCUT2D eigenvalue weighted by molar-refractivity contribution is 7.99. The van der Waals surface area contributed by atoms with Crippen molar-refractivity contribution in [3.05, 3.63) is 35.9 Å². The quantitative estimate of drug-likeness (QED) is 0.640. The molecule has 1 aromatic rings. The Labute approximate surface area is 158 Å². The predicted molar refractivity (Wildman–Crippen MR) is 98.6 cm³/mol. The smallest absolute Gasteiger partial charge is 0.303 e. The van der Waals surface area contributed by atoms with Gasteiger partial charge in [-0.25, -0.2) is 0 Å². The normalized spacial score (nSPS) is 25.5. The molecule has 1 aliphatic heterocycles. The number of carbonyl (C=O) groups is 2. The van der Waals surface area contributed by atoms with Crippen molar-refractivity contribution in [2.24, 2.45) is 0 Å². The lowest BCUT2D eigenvalue weighted by Crippen LogP contribution is -2.51. The summed E-state index contributed by atoms with van der Waals surface area (Å²) >= 11 is 1.69. The number of carbonyl (C=O) groups excluding carboxylic acids is 2. The molecule has 1 aliphatic rings. The molecule has 1 heterocycles. The highest BCUT2D eigenvalue weighted by atomic mass is 32.2. The summed E-state index contributed by atoms with van der Waals surface area (Å²) in [5, 5.41) is 0.0129. The van der Waals surface area contributed by atoms with Gasteiger partial charge in [-0.05, 0) is 11.3 Å². The Kier molecular flexibility index (Phi) is 8.41. The number of ether oxygens (including phenoxy) is 4. The second-order valence-electron chi connectivity index (χ2n) is 6.01. The standard InChI is InChI=1S/C19H26O6S/c1-4-26-17-10-18(23-11-15-8-6-5-7-9-15)25-16(12-22-13(2)20)19(17)24-14(3)21/h5-9,16-19H,4,10-12H2,1-3H3/t16-,17-,18+,19-/m1/s1. The van der Waals surface area contributed by atoms with Crippen LogP contribution < -0.4 is 0 Å². The predicted octanol–water partition coefficient (Wildman–Crippen LogP) is 2.93. The van der Waals surface area contributed by atoms with E-state index in [0.29, 0.717) is 13.0 Å². The summed E-state index contributed by atoms with van der Waals surface area (Å²) < 4.78 is 22.5. The van der Waals surface area contributed by atoms with Crippen LogP contribution in [0.2, 0.25) is 0 Å². The Morgan fingerprint density at radius 3 is 2.54 bits per heavy atom. The summed E-state index contributed by atoms with van der Waals surface area (Å²) in [6, 6.07) is 9.83. The molecule has 0 saturated carbocycles. The zero-order valence-electron chi connectivity index (χ0n) is 15.4. The van der Waals surface area contributed by atoms with Gasteiger partial charge in [-0.1, -0.05) is 37.3 Å². The second kappa shape index (κ2) is 10.5. The summed E-state index contributed by atoms with van der Waals surface area (Å²) in [6.07, 6.45) is -0.888. The van der Waals surface area contributed by atoms with Crippen LogP contribution in [0.15, 0.2) is 30.3 Å². The lowest BCUT2D eigenvalue weighted by Gasteiger charge is -2.40. The first kappa shape index (κ1) is 20.7. The molecule has 26 heavy (non-hydrogen) atoms. The number of hydrogen-bond acceptors (Lipinski definition) is 7. The van der Waals surface area contributed by atoms with E-state index in [1.165, 1.54) is 13.8 Å². The van der Waals surface area contributed by atoms with Gasteiger partial charge in [-0.2, -0.15) is 11.8 Å². The molecule has 7 heteroatoms. The third-order valence-electron chi connectivity index (χ3n) is 3.90. The molecule has 2 rings (SSSR count). The van der Waals surface area contributed by atoms with E-state index in [0.717, 1.165) is 11.3 Å². The Bertz CT molecular complexity index is 579. The van der Waals surface area contributed by atoms with Crippen LogP contribution in [0.5, 0.6) is 0 Å². The van der Waals surface area contributed by atoms with E-state index in [1.807, 2.05) is 37.3 Å². The Hall–Kier alpha value is -1.57. The SMILES string of the molecule is CCS[C@@H]1C[C@@H](OCc2ccccc2)O[C@H](COC(C)=O)[C@H]1OC(C)=O. The molecule has 0 amide bonds. The van der Waals surface area contributed by atoms with E-state index in [2.05, 4.69) is 0 Å².